The van der Waals surface area contributed by atoms with E-state index in [-0.39, 0.29) is 22.9 Å². The van der Waals surface area contributed by atoms with Gasteiger partial charge in [-0.1, -0.05) is 19.9 Å². The number of amides is 1. The van der Waals surface area contributed by atoms with E-state index in [1.54, 1.807) is 6.08 Å². The first-order chi connectivity index (χ1) is 11.1. The molecule has 0 aliphatic heterocycles. The number of aliphatic hydroxyl groups excluding tert-OH is 1. The predicted molar refractivity (Wildman–Crippen MR) is 93.1 cm³/mol. The third-order valence-corrected chi connectivity index (χ3v) is 5.30. The molecule has 1 saturated carbocycles. The van der Waals surface area contributed by atoms with Crippen LogP contribution >= 0.6 is 11.8 Å². The van der Waals surface area contributed by atoms with Gasteiger partial charge in [-0.15, -0.1) is 0 Å². The topological polar surface area (TPSA) is 133 Å². The Labute approximate surface area is 146 Å². The number of rotatable bonds is 11. The molecule has 0 aromatic carbocycles. The van der Waals surface area contributed by atoms with Crippen LogP contribution in [-0.2, 0) is 9.59 Å². The normalized spacial score (nSPS) is 20.8. The van der Waals surface area contributed by atoms with Crippen molar-refractivity contribution < 1.29 is 24.9 Å². The number of unbranched alkanes of at least 4 members (excludes halogenated alkanes) is 2. The monoisotopic (exact) mass is 360 g/mol. The van der Waals surface area contributed by atoms with Crippen LogP contribution in [0, 0.1) is 11.3 Å². The fourth-order valence-electron chi connectivity index (χ4n) is 2.23. The van der Waals surface area contributed by atoms with Gasteiger partial charge in [0.25, 0.3) is 0 Å². The molecule has 2 unspecified atom stereocenters. The lowest BCUT2D eigenvalue weighted by atomic mass is 10.1. The van der Waals surface area contributed by atoms with Gasteiger partial charge in [-0.05, 0) is 36.9 Å². The highest BCUT2D eigenvalue weighted by Crippen LogP contribution is 2.51. The number of aliphatic hydroxyl groups is 2. The van der Waals surface area contributed by atoms with Crippen molar-refractivity contribution >= 4 is 23.6 Å². The highest BCUT2D eigenvalue weighted by molar-refractivity contribution is 7.99. The van der Waals surface area contributed by atoms with Crippen LogP contribution in [0.2, 0.25) is 0 Å². The van der Waals surface area contributed by atoms with Gasteiger partial charge in [0.2, 0.25) is 5.91 Å². The molecule has 138 valence electrons. The number of nitrogens with two attached hydrogens (primary N) is 1. The molecule has 1 aliphatic rings. The van der Waals surface area contributed by atoms with Gasteiger partial charge in [0.05, 0.1) is 6.04 Å². The summed E-state index contributed by atoms with van der Waals surface area (Å²) in [4.78, 5) is 23.2. The summed E-state index contributed by atoms with van der Waals surface area (Å²) in [5.41, 5.74) is 5.40. The molecule has 7 nitrogen and oxygen atoms in total. The fraction of sp³-hybridized carbons (Fsp3) is 0.750. The molecule has 6 N–H and O–H groups in total. The molecule has 0 radical (unpaired) electrons. The maximum Gasteiger partial charge on any atom is 0.352 e. The van der Waals surface area contributed by atoms with Gasteiger partial charge in [0.15, 0.2) is 6.29 Å². The van der Waals surface area contributed by atoms with Crippen LogP contribution in [0.25, 0.3) is 0 Å². The Kier molecular flexibility index (Phi) is 8.21. The van der Waals surface area contributed by atoms with E-state index in [9.17, 15) is 9.59 Å². The van der Waals surface area contributed by atoms with Crippen LogP contribution in [-0.4, -0.2) is 51.0 Å². The first kappa shape index (κ1) is 21.0. The number of carbonyl (C=O) groups excluding carboxylic acids is 1. The van der Waals surface area contributed by atoms with Gasteiger partial charge >= 0.3 is 5.97 Å². The summed E-state index contributed by atoms with van der Waals surface area (Å²) in [6.45, 7) is 3.97. The second-order valence-electron chi connectivity index (χ2n) is 6.81. The lowest BCUT2D eigenvalue weighted by Crippen LogP contribution is -2.36. The Hall–Kier alpha value is -1.09. The van der Waals surface area contributed by atoms with E-state index in [4.69, 9.17) is 21.1 Å². The lowest BCUT2D eigenvalue weighted by Gasteiger charge is -2.12. The molecule has 1 rings (SSSR count). The molecule has 0 heterocycles. The number of carboxylic acids is 1. The number of nitrogens with one attached hydrogen (secondary N) is 1. The summed E-state index contributed by atoms with van der Waals surface area (Å²) in [6.07, 6.45) is 3.03. The molecule has 1 fully saturated rings. The van der Waals surface area contributed by atoms with Crippen molar-refractivity contribution in [3.63, 3.8) is 0 Å². The molecule has 8 heteroatoms. The van der Waals surface area contributed by atoms with E-state index >= 15 is 0 Å². The summed E-state index contributed by atoms with van der Waals surface area (Å²) in [7, 11) is 0. The van der Waals surface area contributed by atoms with E-state index in [0.29, 0.717) is 12.2 Å². The highest BCUT2D eigenvalue weighted by Gasteiger charge is 2.50. The van der Waals surface area contributed by atoms with Gasteiger partial charge < -0.3 is 26.4 Å². The number of carboxylic acid groups (broad SMARTS) is 1. The van der Waals surface area contributed by atoms with Gasteiger partial charge in [0, 0.05) is 11.7 Å². The number of aliphatic carboxylic acids is 1. The second kappa shape index (κ2) is 9.41. The molecule has 1 aliphatic carbocycles. The standard InChI is InChI=1S/C16H28N2O5S/c1-16(2)8-10(16)13(19)18-12(15(22)23)6-4-3-5-7-24-9-11(17)14(20)21/h6,10-11,14,20-21H,3-5,7-9,17H2,1-2H3,(H,18,19)(H,22,23). The van der Waals surface area contributed by atoms with E-state index in [0.717, 1.165) is 25.0 Å². The average molecular weight is 360 g/mol. The number of thioether (sulfide) groups is 1. The Bertz CT molecular complexity index is 479. The molecule has 0 aromatic rings. The van der Waals surface area contributed by atoms with Crippen LogP contribution in [0.5, 0.6) is 0 Å². The van der Waals surface area contributed by atoms with Crippen molar-refractivity contribution in [3.8, 4) is 0 Å². The summed E-state index contributed by atoms with van der Waals surface area (Å²) < 4.78 is 0. The zero-order valence-electron chi connectivity index (χ0n) is 14.2. The Morgan fingerprint density at radius 1 is 1.38 bits per heavy atom. The number of hydrogen-bond acceptors (Lipinski definition) is 6. The zero-order valence-corrected chi connectivity index (χ0v) is 15.0. The molecule has 0 spiro atoms. The van der Waals surface area contributed by atoms with Gasteiger partial charge in [-0.2, -0.15) is 11.8 Å². The number of carbonyl (C=O) groups is 2. The van der Waals surface area contributed by atoms with E-state index < -0.39 is 18.3 Å². The van der Waals surface area contributed by atoms with Gasteiger partial charge in [-0.25, -0.2) is 4.79 Å². The van der Waals surface area contributed by atoms with E-state index in [1.165, 1.54) is 11.8 Å². The molecule has 0 saturated heterocycles. The first-order valence-electron chi connectivity index (χ1n) is 8.09. The van der Waals surface area contributed by atoms with Crippen molar-refractivity contribution in [2.75, 3.05) is 11.5 Å². The molecule has 1 amide bonds. The molecule has 0 bridgehead atoms. The highest BCUT2D eigenvalue weighted by atomic mass is 32.2. The minimum Gasteiger partial charge on any atom is -0.477 e. The Morgan fingerprint density at radius 3 is 2.50 bits per heavy atom. The van der Waals surface area contributed by atoms with E-state index in [2.05, 4.69) is 5.32 Å². The number of hydrogen-bond donors (Lipinski definition) is 5. The quantitative estimate of drug-likeness (QED) is 0.208. The third-order valence-electron chi connectivity index (χ3n) is 4.10. The summed E-state index contributed by atoms with van der Waals surface area (Å²) in [5.74, 6) is -0.192. The third kappa shape index (κ3) is 7.21. The fourth-order valence-corrected chi connectivity index (χ4v) is 3.25. The van der Waals surface area contributed by atoms with Gasteiger partial charge in [0.1, 0.15) is 5.70 Å². The SMILES string of the molecule is CC1(C)CC1C(=O)NC(=CCCCCSCC(N)C(O)O)C(=O)O. The van der Waals surface area contributed by atoms with Crippen molar-refractivity contribution in [1.82, 2.24) is 5.32 Å². The molecule has 0 aromatic heterocycles. The van der Waals surface area contributed by atoms with Crippen molar-refractivity contribution in [2.45, 2.75) is 51.9 Å². The zero-order chi connectivity index (χ0) is 18.3. The average Bonchev–Trinajstić information content (AvgIpc) is 3.13. The van der Waals surface area contributed by atoms with Crippen LogP contribution in [0.15, 0.2) is 11.8 Å². The summed E-state index contributed by atoms with van der Waals surface area (Å²) in [5, 5.41) is 29.4. The largest absolute Gasteiger partial charge is 0.477 e. The summed E-state index contributed by atoms with van der Waals surface area (Å²) in [6, 6.07) is -0.657. The molecule has 24 heavy (non-hydrogen) atoms. The van der Waals surface area contributed by atoms with Crippen LogP contribution < -0.4 is 11.1 Å². The maximum absolute atomic E-state index is 12.0. The number of allylic oxidation sites excluding steroid dienone is 1. The van der Waals surface area contributed by atoms with Crippen LogP contribution in [0.3, 0.4) is 0 Å². The van der Waals surface area contributed by atoms with Crippen molar-refractivity contribution in [2.24, 2.45) is 17.1 Å². The lowest BCUT2D eigenvalue weighted by molar-refractivity contribution is -0.135. The Morgan fingerprint density at radius 2 is 2.00 bits per heavy atom. The summed E-state index contributed by atoms with van der Waals surface area (Å²) >= 11 is 1.53. The van der Waals surface area contributed by atoms with Crippen molar-refractivity contribution in [1.29, 1.82) is 0 Å². The van der Waals surface area contributed by atoms with E-state index in [1.807, 2.05) is 13.8 Å². The molecular weight excluding hydrogens is 332 g/mol. The van der Waals surface area contributed by atoms with Crippen LogP contribution in [0.1, 0.15) is 39.5 Å². The predicted octanol–water partition coefficient (Wildman–Crippen LogP) is 0.659. The minimum absolute atomic E-state index is 0.0338. The smallest absolute Gasteiger partial charge is 0.352 e. The maximum atomic E-state index is 12.0. The van der Waals surface area contributed by atoms with Gasteiger partial charge in [-0.3, -0.25) is 4.79 Å². The van der Waals surface area contributed by atoms with Crippen LogP contribution in [0.4, 0.5) is 0 Å². The minimum atomic E-state index is -1.50. The second-order valence-corrected chi connectivity index (χ2v) is 7.96. The molecular formula is C16H28N2O5S. The van der Waals surface area contributed by atoms with Crippen molar-refractivity contribution in [3.05, 3.63) is 11.8 Å². The molecule has 2 atom stereocenters. The first-order valence-corrected chi connectivity index (χ1v) is 9.24. The Balaban J connectivity index is 2.24.